The van der Waals surface area contributed by atoms with Crippen LogP contribution in [0, 0.1) is 12.7 Å². The zero-order chi connectivity index (χ0) is 23.8. The third kappa shape index (κ3) is 5.18. The van der Waals surface area contributed by atoms with Crippen molar-refractivity contribution in [3.05, 3.63) is 54.0 Å². The van der Waals surface area contributed by atoms with E-state index in [0.29, 0.717) is 24.5 Å². The molecule has 6 nitrogen and oxygen atoms in total. The van der Waals surface area contributed by atoms with Gasteiger partial charge in [0, 0.05) is 47.4 Å². The molecular weight excluding hydrogens is 419 g/mol. The number of hydrogen-bond acceptors (Lipinski definition) is 5. The molecule has 1 aliphatic heterocycles. The van der Waals surface area contributed by atoms with Crippen molar-refractivity contribution in [2.75, 3.05) is 24.1 Å². The second-order valence-corrected chi connectivity index (χ2v) is 9.67. The molecule has 7 heteroatoms. The Morgan fingerprint density at radius 1 is 1.21 bits per heavy atom. The number of nitrogens with zero attached hydrogens (tertiary/aromatic N) is 2. The lowest BCUT2D eigenvalue weighted by Gasteiger charge is -2.34. The average molecular weight is 451 g/mol. The number of carbonyl (C=O) groups is 1. The number of benzene rings is 2. The van der Waals surface area contributed by atoms with Gasteiger partial charge in [0.1, 0.15) is 17.2 Å². The summed E-state index contributed by atoms with van der Waals surface area (Å²) in [6, 6.07) is 11.0. The van der Waals surface area contributed by atoms with Gasteiger partial charge in [0.05, 0.1) is 0 Å². The van der Waals surface area contributed by atoms with Gasteiger partial charge < -0.3 is 20.7 Å². The van der Waals surface area contributed by atoms with Crippen molar-refractivity contribution in [3.63, 3.8) is 0 Å². The number of aromatic nitrogens is 1. The van der Waals surface area contributed by atoms with Crippen molar-refractivity contribution in [1.29, 1.82) is 0 Å². The molecule has 1 fully saturated rings. The fraction of sp³-hybridized carbons (Fsp3) is 0.385. The Kier molecular flexibility index (Phi) is 6.15. The van der Waals surface area contributed by atoms with Crippen molar-refractivity contribution < 1.29 is 13.9 Å². The summed E-state index contributed by atoms with van der Waals surface area (Å²) in [7, 11) is 0. The molecule has 2 aromatic carbocycles. The molecule has 174 valence electrons. The number of hydrogen-bond donors (Lipinski definition) is 2. The van der Waals surface area contributed by atoms with E-state index >= 15 is 0 Å². The van der Waals surface area contributed by atoms with Gasteiger partial charge in [-0.2, -0.15) is 0 Å². The summed E-state index contributed by atoms with van der Waals surface area (Å²) in [5, 5.41) is 5.45. The predicted octanol–water partition coefficient (Wildman–Crippen LogP) is 5.74. The summed E-state index contributed by atoms with van der Waals surface area (Å²) in [5.74, 6) is 0.175. The van der Waals surface area contributed by atoms with E-state index < -0.39 is 5.60 Å². The Labute approximate surface area is 193 Å². The molecule has 1 amide bonds. The lowest BCUT2D eigenvalue weighted by Crippen LogP contribution is -2.44. The van der Waals surface area contributed by atoms with Gasteiger partial charge in [0.25, 0.3) is 0 Å². The summed E-state index contributed by atoms with van der Waals surface area (Å²) in [6.45, 7) is 8.74. The van der Waals surface area contributed by atoms with Crippen LogP contribution in [0.4, 0.5) is 20.7 Å². The number of rotatable bonds is 3. The van der Waals surface area contributed by atoms with Crippen LogP contribution in [0.5, 0.6) is 0 Å². The average Bonchev–Trinajstić information content (AvgIpc) is 2.73. The van der Waals surface area contributed by atoms with Crippen molar-refractivity contribution >= 4 is 28.4 Å². The molecule has 3 aromatic rings. The highest BCUT2D eigenvalue weighted by Gasteiger charge is 2.27. The van der Waals surface area contributed by atoms with E-state index in [2.05, 4.69) is 10.3 Å². The Morgan fingerprint density at radius 3 is 2.61 bits per heavy atom. The first-order valence-corrected chi connectivity index (χ1v) is 11.3. The Balaban J connectivity index is 1.60. The van der Waals surface area contributed by atoms with Gasteiger partial charge in [-0.05, 0) is 75.9 Å². The number of anilines is 2. The predicted molar refractivity (Wildman–Crippen MR) is 131 cm³/mol. The maximum atomic E-state index is 14.7. The summed E-state index contributed by atoms with van der Waals surface area (Å²) in [4.78, 5) is 18.4. The molecular formula is C26H31FN4O2. The van der Waals surface area contributed by atoms with E-state index in [-0.39, 0.29) is 18.0 Å². The highest BCUT2D eigenvalue weighted by Crippen LogP contribution is 2.35. The lowest BCUT2D eigenvalue weighted by molar-refractivity contribution is 0.0210. The van der Waals surface area contributed by atoms with Gasteiger partial charge in [-0.1, -0.05) is 12.1 Å². The zero-order valence-corrected chi connectivity index (χ0v) is 19.6. The molecule has 0 saturated carbocycles. The number of piperidine rings is 1. The number of nitrogens with two attached hydrogens (primary N) is 1. The van der Waals surface area contributed by atoms with Crippen LogP contribution >= 0.6 is 0 Å². The number of aryl methyl sites for hydroxylation is 1. The molecule has 1 saturated heterocycles. The van der Waals surface area contributed by atoms with Gasteiger partial charge in [-0.3, -0.25) is 0 Å². The number of ether oxygens (including phenoxy) is 1. The molecule has 0 bridgehead atoms. The van der Waals surface area contributed by atoms with E-state index in [0.717, 1.165) is 40.4 Å². The minimum absolute atomic E-state index is 0.165. The molecule has 0 aliphatic carbocycles. The summed E-state index contributed by atoms with van der Waals surface area (Å²) >= 11 is 0. The van der Waals surface area contributed by atoms with Gasteiger partial charge in [-0.15, -0.1) is 0 Å². The van der Waals surface area contributed by atoms with Gasteiger partial charge in [0.2, 0.25) is 0 Å². The molecule has 2 heterocycles. The lowest BCUT2D eigenvalue weighted by atomic mass is 9.96. The number of nitrogen functional groups attached to an aromatic ring is 1. The molecule has 33 heavy (non-hydrogen) atoms. The Bertz CT molecular complexity index is 1160. The number of fused-ring (bicyclic) bond motifs is 1. The van der Waals surface area contributed by atoms with E-state index in [1.54, 1.807) is 17.2 Å². The smallest absolute Gasteiger partial charge is 0.410 e. The minimum atomic E-state index is -0.510. The maximum absolute atomic E-state index is 14.7. The summed E-state index contributed by atoms with van der Waals surface area (Å²) in [6.07, 6.45) is 3.01. The second kappa shape index (κ2) is 8.89. The zero-order valence-electron chi connectivity index (χ0n) is 19.6. The van der Waals surface area contributed by atoms with Crippen LogP contribution in [0.2, 0.25) is 0 Å². The first-order valence-electron chi connectivity index (χ1n) is 11.3. The largest absolute Gasteiger partial charge is 0.444 e. The van der Waals surface area contributed by atoms with Crippen molar-refractivity contribution in [1.82, 2.24) is 9.88 Å². The number of nitrogens with one attached hydrogen (secondary N) is 1. The first-order chi connectivity index (χ1) is 15.6. The monoisotopic (exact) mass is 450 g/mol. The SMILES string of the molecule is Cc1cccc(F)c1-c1cc(NC2CCN(C(=O)OC(C)(C)C)CC2)c2cc(N)ncc2c1. The molecule has 0 unspecified atom stereocenters. The number of halogens is 1. The van der Waals surface area contributed by atoms with Crippen LogP contribution in [0.1, 0.15) is 39.2 Å². The van der Waals surface area contributed by atoms with Gasteiger partial charge in [-0.25, -0.2) is 14.2 Å². The molecule has 0 spiro atoms. The van der Waals surface area contributed by atoms with E-state index in [9.17, 15) is 9.18 Å². The Morgan fingerprint density at radius 2 is 1.94 bits per heavy atom. The fourth-order valence-corrected chi connectivity index (χ4v) is 4.29. The Hall–Kier alpha value is -3.35. The van der Waals surface area contributed by atoms with Crippen LogP contribution in [0.15, 0.2) is 42.6 Å². The highest BCUT2D eigenvalue weighted by atomic mass is 19.1. The van der Waals surface area contributed by atoms with Gasteiger partial charge in [0.15, 0.2) is 0 Å². The highest BCUT2D eigenvalue weighted by molar-refractivity contribution is 5.98. The first kappa shape index (κ1) is 22.8. The van der Waals surface area contributed by atoms with Crippen LogP contribution in [0.25, 0.3) is 21.9 Å². The van der Waals surface area contributed by atoms with Gasteiger partial charge >= 0.3 is 6.09 Å². The number of amides is 1. The number of likely N-dealkylation sites (tertiary alicyclic amines) is 1. The topological polar surface area (TPSA) is 80.5 Å². The van der Waals surface area contributed by atoms with Crippen LogP contribution in [0.3, 0.4) is 0 Å². The summed E-state index contributed by atoms with van der Waals surface area (Å²) < 4.78 is 20.2. The summed E-state index contributed by atoms with van der Waals surface area (Å²) in [5.41, 5.74) is 8.59. The molecule has 0 radical (unpaired) electrons. The van der Waals surface area contributed by atoms with Crippen LogP contribution < -0.4 is 11.1 Å². The second-order valence-electron chi connectivity index (χ2n) is 9.67. The molecule has 3 N–H and O–H groups in total. The number of carbonyl (C=O) groups excluding carboxylic acids is 1. The standard InChI is InChI=1S/C26H31FN4O2/c1-16-6-5-7-21(27)24(16)17-12-18-15-29-23(28)14-20(18)22(13-17)30-19-8-10-31(11-9-19)25(32)33-26(2,3)4/h5-7,12-15,19,30H,8-11H2,1-4H3,(H2,28,29). The molecule has 1 aliphatic rings. The van der Waals surface area contributed by atoms with E-state index in [1.807, 2.05) is 52.0 Å². The molecule has 4 rings (SSSR count). The quantitative estimate of drug-likeness (QED) is 0.532. The normalized spacial score (nSPS) is 15.0. The van der Waals surface area contributed by atoms with Crippen LogP contribution in [-0.2, 0) is 4.74 Å². The van der Waals surface area contributed by atoms with Crippen molar-refractivity contribution in [2.24, 2.45) is 0 Å². The van der Waals surface area contributed by atoms with Crippen LogP contribution in [-0.4, -0.2) is 40.7 Å². The third-order valence-corrected chi connectivity index (χ3v) is 5.87. The van der Waals surface area contributed by atoms with Crippen molar-refractivity contribution in [2.45, 2.75) is 52.2 Å². The van der Waals surface area contributed by atoms with Crippen molar-refractivity contribution in [3.8, 4) is 11.1 Å². The third-order valence-electron chi connectivity index (χ3n) is 5.87. The van der Waals surface area contributed by atoms with E-state index in [4.69, 9.17) is 10.5 Å². The maximum Gasteiger partial charge on any atom is 0.410 e. The van der Waals surface area contributed by atoms with E-state index in [1.165, 1.54) is 6.07 Å². The number of pyridine rings is 1. The molecule has 0 atom stereocenters. The minimum Gasteiger partial charge on any atom is -0.444 e. The fourth-order valence-electron chi connectivity index (χ4n) is 4.29. The molecule has 1 aromatic heterocycles.